The molecule has 0 aromatic rings. The average Bonchev–Trinajstić information content (AvgIpc) is 2.53. The zero-order valence-electron chi connectivity index (χ0n) is 10.4. The van der Waals surface area contributed by atoms with Gasteiger partial charge in [0, 0.05) is 18.6 Å². The van der Waals surface area contributed by atoms with Crippen molar-refractivity contribution in [3.8, 4) is 0 Å². The number of hydrogen-bond acceptors (Lipinski definition) is 5. The average molecular weight is 281 g/mol. The third-order valence-corrected chi connectivity index (χ3v) is 5.29. The number of carbonyl (C=O) groups excluding carboxylic acids is 1. The van der Waals surface area contributed by atoms with E-state index >= 15 is 0 Å². The highest BCUT2D eigenvalue weighted by Crippen LogP contribution is 2.20. The first-order valence-electron chi connectivity index (χ1n) is 5.59. The van der Waals surface area contributed by atoms with E-state index in [9.17, 15) is 13.2 Å². The van der Waals surface area contributed by atoms with Crippen LogP contribution in [-0.2, 0) is 13.6 Å². The van der Waals surface area contributed by atoms with Gasteiger partial charge in [0.25, 0.3) is 0 Å². The molecule has 1 saturated heterocycles. The summed E-state index contributed by atoms with van der Waals surface area (Å²) >= 11 is 0. The van der Waals surface area contributed by atoms with Crippen LogP contribution in [0.25, 0.3) is 0 Å². The molecule has 1 aliphatic rings. The third kappa shape index (κ3) is 4.75. The molecule has 5 nitrogen and oxygen atoms in total. The van der Waals surface area contributed by atoms with E-state index in [0.717, 1.165) is 10.8 Å². The Bertz CT molecular complexity index is 367. The Labute approximate surface area is 106 Å². The molecule has 0 aromatic carbocycles. The minimum atomic E-state index is -2.98. The minimum Gasteiger partial charge on any atom is -0.447 e. The van der Waals surface area contributed by atoms with Crippen LogP contribution in [0.2, 0.25) is 0 Å². The zero-order valence-corrected chi connectivity index (χ0v) is 12.0. The Morgan fingerprint density at radius 1 is 1.53 bits per heavy atom. The van der Waals surface area contributed by atoms with E-state index in [-0.39, 0.29) is 12.1 Å². The Morgan fingerprint density at radius 3 is 2.71 bits per heavy atom. The minimum absolute atomic E-state index is 0.116. The Kier molecular flexibility index (Phi) is 5.12. The van der Waals surface area contributed by atoms with Gasteiger partial charge in [0.15, 0.2) is 8.87 Å². The van der Waals surface area contributed by atoms with Crippen LogP contribution in [0.15, 0.2) is 0 Å². The smallest absolute Gasteiger partial charge is 0.410 e. The zero-order chi connectivity index (χ0) is 13.1. The molecule has 0 spiro atoms. The third-order valence-electron chi connectivity index (χ3n) is 2.62. The molecule has 1 heterocycles. The largest absolute Gasteiger partial charge is 0.447 e. The molecule has 0 unspecified atom stereocenters. The van der Waals surface area contributed by atoms with Gasteiger partial charge in [-0.1, -0.05) is 13.8 Å². The van der Waals surface area contributed by atoms with Crippen LogP contribution in [0.4, 0.5) is 4.79 Å². The molecular formula is C10H19NO4S2. The molecule has 1 rings (SSSR count). The van der Waals surface area contributed by atoms with Gasteiger partial charge in [0.1, 0.15) is 6.61 Å². The fourth-order valence-electron chi connectivity index (χ4n) is 1.72. The Balaban J connectivity index is 2.37. The standard InChI is InChI=1S/C10H19NO4S2/c1-8(2)9-7-15-10(12)11(9)5-4-6-16-17(3,13)14/h8-9H,4-7H2,1-3H3/t9-/m0/s1. The van der Waals surface area contributed by atoms with Crippen LogP contribution in [-0.4, -0.2) is 50.6 Å². The van der Waals surface area contributed by atoms with E-state index in [4.69, 9.17) is 4.74 Å². The van der Waals surface area contributed by atoms with Crippen molar-refractivity contribution in [1.82, 2.24) is 4.90 Å². The van der Waals surface area contributed by atoms with Crippen molar-refractivity contribution in [2.75, 3.05) is 25.2 Å². The van der Waals surface area contributed by atoms with E-state index < -0.39 is 8.87 Å². The summed E-state index contributed by atoms with van der Waals surface area (Å²) < 4.78 is 26.8. The maximum absolute atomic E-state index is 11.5. The van der Waals surface area contributed by atoms with Crippen molar-refractivity contribution in [3.63, 3.8) is 0 Å². The topological polar surface area (TPSA) is 63.7 Å². The first kappa shape index (κ1) is 14.6. The van der Waals surface area contributed by atoms with E-state index in [1.165, 1.54) is 6.26 Å². The molecule has 0 aromatic heterocycles. The molecule has 0 saturated carbocycles. The molecule has 0 N–H and O–H groups in total. The summed E-state index contributed by atoms with van der Waals surface area (Å²) in [6.45, 7) is 5.09. The van der Waals surface area contributed by atoms with Crippen LogP contribution < -0.4 is 0 Å². The molecule has 1 amide bonds. The number of carbonyl (C=O) groups is 1. The molecule has 1 atom stereocenters. The second-order valence-corrected chi connectivity index (χ2v) is 9.04. The van der Waals surface area contributed by atoms with Gasteiger partial charge in [-0.3, -0.25) is 0 Å². The van der Waals surface area contributed by atoms with E-state index in [2.05, 4.69) is 0 Å². The number of nitrogens with zero attached hydrogens (tertiary/aromatic N) is 1. The van der Waals surface area contributed by atoms with Crippen molar-refractivity contribution in [1.29, 1.82) is 0 Å². The van der Waals surface area contributed by atoms with E-state index in [1.807, 2.05) is 13.8 Å². The summed E-state index contributed by atoms with van der Waals surface area (Å²) in [4.78, 5) is 13.2. The van der Waals surface area contributed by atoms with Gasteiger partial charge in [-0.05, 0) is 23.1 Å². The van der Waals surface area contributed by atoms with Gasteiger partial charge in [-0.2, -0.15) is 0 Å². The van der Waals surface area contributed by atoms with Crippen LogP contribution in [0.1, 0.15) is 20.3 Å². The van der Waals surface area contributed by atoms with Crippen molar-refractivity contribution in [2.24, 2.45) is 5.92 Å². The second-order valence-electron chi connectivity index (χ2n) is 4.46. The molecule has 17 heavy (non-hydrogen) atoms. The molecule has 0 bridgehead atoms. The van der Waals surface area contributed by atoms with Gasteiger partial charge in [0.2, 0.25) is 0 Å². The van der Waals surface area contributed by atoms with Gasteiger partial charge >= 0.3 is 6.09 Å². The Hall–Kier alpha value is -0.430. The number of amides is 1. The molecule has 1 aliphatic heterocycles. The van der Waals surface area contributed by atoms with Crippen LogP contribution >= 0.6 is 10.8 Å². The van der Waals surface area contributed by atoms with Gasteiger partial charge in [-0.15, -0.1) is 0 Å². The summed E-state index contributed by atoms with van der Waals surface area (Å²) in [6.07, 6.45) is 1.57. The molecular weight excluding hydrogens is 262 g/mol. The van der Waals surface area contributed by atoms with Crippen molar-refractivity contribution >= 4 is 25.8 Å². The van der Waals surface area contributed by atoms with Gasteiger partial charge in [0.05, 0.1) is 6.04 Å². The highest BCUT2D eigenvalue weighted by Gasteiger charge is 2.34. The normalized spacial score (nSPS) is 21.1. The maximum atomic E-state index is 11.5. The fraction of sp³-hybridized carbons (Fsp3) is 0.900. The lowest BCUT2D eigenvalue weighted by Crippen LogP contribution is -2.37. The fourth-order valence-corrected chi connectivity index (χ4v) is 3.53. The SMILES string of the molecule is CC(C)[C@@H]1COC(=O)N1CCCSS(C)(=O)=O. The van der Waals surface area contributed by atoms with Crippen molar-refractivity contribution in [2.45, 2.75) is 26.3 Å². The predicted octanol–water partition coefficient (Wildman–Crippen LogP) is 1.55. The lowest BCUT2D eigenvalue weighted by Gasteiger charge is -2.23. The van der Waals surface area contributed by atoms with Crippen molar-refractivity contribution in [3.05, 3.63) is 0 Å². The monoisotopic (exact) mass is 281 g/mol. The maximum Gasteiger partial charge on any atom is 0.410 e. The first-order valence-corrected chi connectivity index (χ1v) is 8.98. The van der Waals surface area contributed by atoms with Crippen LogP contribution in [0, 0.1) is 5.92 Å². The Morgan fingerprint density at radius 2 is 2.18 bits per heavy atom. The van der Waals surface area contributed by atoms with Gasteiger partial charge < -0.3 is 9.64 Å². The summed E-state index contributed by atoms with van der Waals surface area (Å²) in [5, 5.41) is 0. The molecule has 0 aliphatic carbocycles. The molecule has 7 heteroatoms. The quantitative estimate of drug-likeness (QED) is 0.546. The lowest BCUT2D eigenvalue weighted by atomic mass is 10.0. The summed E-state index contributed by atoms with van der Waals surface area (Å²) in [5.74, 6) is 0.858. The number of hydrogen-bond donors (Lipinski definition) is 0. The highest BCUT2D eigenvalue weighted by atomic mass is 33.1. The first-order chi connectivity index (χ1) is 7.81. The van der Waals surface area contributed by atoms with Crippen molar-refractivity contribution < 1.29 is 17.9 Å². The molecule has 0 radical (unpaired) electrons. The van der Waals surface area contributed by atoms with Crippen LogP contribution in [0.3, 0.4) is 0 Å². The lowest BCUT2D eigenvalue weighted by molar-refractivity contribution is 0.157. The number of ether oxygens (including phenoxy) is 1. The van der Waals surface area contributed by atoms with E-state index in [0.29, 0.717) is 31.2 Å². The predicted molar refractivity (Wildman–Crippen MR) is 68.6 cm³/mol. The molecule has 1 fully saturated rings. The number of cyclic esters (lactones) is 1. The summed E-state index contributed by atoms with van der Waals surface area (Å²) in [5.41, 5.74) is 0. The highest BCUT2D eigenvalue weighted by molar-refractivity contribution is 8.71. The second kappa shape index (κ2) is 5.95. The van der Waals surface area contributed by atoms with E-state index in [1.54, 1.807) is 4.90 Å². The summed E-state index contributed by atoms with van der Waals surface area (Å²) in [7, 11) is -2.06. The molecule has 100 valence electrons. The number of rotatable bonds is 6. The van der Waals surface area contributed by atoms with Crippen LogP contribution in [0.5, 0.6) is 0 Å². The van der Waals surface area contributed by atoms with Gasteiger partial charge in [-0.25, -0.2) is 13.2 Å². The summed E-state index contributed by atoms with van der Waals surface area (Å²) in [6, 6.07) is 0.116.